The van der Waals surface area contributed by atoms with Crippen LogP contribution in [0.2, 0.25) is 0 Å². The number of carbonyl (C=O) groups is 1. The van der Waals surface area contributed by atoms with Gasteiger partial charge in [-0.25, -0.2) is 9.50 Å². The lowest BCUT2D eigenvalue weighted by molar-refractivity contribution is -0.116. The Morgan fingerprint density at radius 2 is 2.05 bits per heavy atom. The van der Waals surface area contributed by atoms with Gasteiger partial charge in [0.25, 0.3) is 0 Å². The Hall–Kier alpha value is -2.21. The predicted molar refractivity (Wildman–Crippen MR) is 75.4 cm³/mol. The summed E-state index contributed by atoms with van der Waals surface area (Å²) in [6.45, 7) is 1.51. The zero-order valence-electron chi connectivity index (χ0n) is 10.6. The molecule has 0 aliphatic carbocycles. The van der Waals surface area contributed by atoms with Crippen molar-refractivity contribution in [2.24, 2.45) is 0 Å². The molecular weight excluding hydrogens is 260 g/mol. The summed E-state index contributed by atoms with van der Waals surface area (Å²) < 4.78 is 1.71. The van der Waals surface area contributed by atoms with Crippen LogP contribution in [0, 0.1) is 0 Å². The number of anilines is 1. The van der Waals surface area contributed by atoms with Gasteiger partial charge in [-0.1, -0.05) is 41.7 Å². The van der Waals surface area contributed by atoms with E-state index in [1.165, 1.54) is 23.2 Å². The Morgan fingerprint density at radius 3 is 2.68 bits per heavy atom. The van der Waals surface area contributed by atoms with Gasteiger partial charge in [0.15, 0.2) is 0 Å². The Labute approximate surface area is 114 Å². The first kappa shape index (κ1) is 11.9. The molecule has 0 N–H and O–H groups in total. The summed E-state index contributed by atoms with van der Waals surface area (Å²) in [6.07, 6.45) is 1.87. The number of aromatic nitrogens is 3. The first-order valence-corrected chi connectivity index (χ1v) is 6.63. The average Bonchev–Trinajstić information content (AvgIpc) is 2.96. The van der Waals surface area contributed by atoms with E-state index in [0.717, 1.165) is 16.2 Å². The summed E-state index contributed by atoms with van der Waals surface area (Å²) in [5, 5.41) is 5.01. The fraction of sp³-hybridized carbons (Fsp3) is 0.154. The molecule has 96 valence electrons. The molecule has 3 rings (SSSR count). The van der Waals surface area contributed by atoms with Gasteiger partial charge in [-0.05, 0) is 0 Å². The molecular formula is C13H12N4OS. The molecule has 19 heavy (non-hydrogen) atoms. The molecule has 0 aliphatic rings. The maximum Gasteiger partial charge on any atom is 0.225 e. The van der Waals surface area contributed by atoms with Crippen LogP contribution in [-0.2, 0) is 4.79 Å². The van der Waals surface area contributed by atoms with Crippen molar-refractivity contribution in [3.8, 4) is 11.3 Å². The summed E-state index contributed by atoms with van der Waals surface area (Å²) in [6, 6.07) is 9.94. The molecule has 2 aromatic heterocycles. The molecule has 3 aromatic rings. The van der Waals surface area contributed by atoms with Crippen LogP contribution in [0.15, 0.2) is 36.5 Å². The highest BCUT2D eigenvalue weighted by molar-refractivity contribution is 7.20. The molecule has 1 aromatic carbocycles. The number of benzene rings is 1. The standard InChI is InChI=1S/C13H12N4OS/c1-9(18)16(2)13-15-17-8-11(14-12(17)19-13)10-6-4-3-5-7-10/h3-8H,1-2H3. The molecule has 2 heterocycles. The highest BCUT2D eigenvalue weighted by atomic mass is 32.1. The molecule has 0 aliphatic heterocycles. The van der Waals surface area contributed by atoms with Crippen LogP contribution in [-0.4, -0.2) is 27.6 Å². The number of fused-ring (bicyclic) bond motifs is 1. The molecule has 1 amide bonds. The summed E-state index contributed by atoms with van der Waals surface area (Å²) in [4.78, 5) is 18.1. The predicted octanol–water partition coefficient (Wildman–Crippen LogP) is 2.44. The number of nitrogens with zero attached hydrogens (tertiary/aromatic N) is 4. The monoisotopic (exact) mass is 272 g/mol. The van der Waals surface area contributed by atoms with Gasteiger partial charge in [0, 0.05) is 19.5 Å². The first-order chi connectivity index (χ1) is 9.15. The van der Waals surface area contributed by atoms with Crippen LogP contribution in [0.5, 0.6) is 0 Å². The lowest BCUT2D eigenvalue weighted by Crippen LogP contribution is -2.22. The van der Waals surface area contributed by atoms with Crippen molar-refractivity contribution in [1.82, 2.24) is 14.6 Å². The number of hydrogen-bond acceptors (Lipinski definition) is 4. The van der Waals surface area contributed by atoms with E-state index in [1.807, 2.05) is 36.5 Å². The molecule has 6 heteroatoms. The Bertz CT molecular complexity index is 700. The zero-order chi connectivity index (χ0) is 13.4. The summed E-state index contributed by atoms with van der Waals surface area (Å²) in [5.74, 6) is -0.0414. The molecule has 0 bridgehead atoms. The minimum Gasteiger partial charge on any atom is -0.290 e. The molecule has 0 saturated carbocycles. The maximum atomic E-state index is 11.3. The number of carbonyl (C=O) groups excluding carboxylic acids is 1. The SMILES string of the molecule is CC(=O)N(C)c1nn2cc(-c3ccccc3)nc2s1. The van der Waals surface area contributed by atoms with Gasteiger partial charge in [-0.3, -0.25) is 9.69 Å². The van der Waals surface area contributed by atoms with E-state index in [4.69, 9.17) is 0 Å². The van der Waals surface area contributed by atoms with E-state index in [9.17, 15) is 4.79 Å². The number of imidazole rings is 1. The highest BCUT2D eigenvalue weighted by Gasteiger charge is 2.14. The quantitative estimate of drug-likeness (QED) is 0.720. The number of hydrogen-bond donors (Lipinski definition) is 0. The summed E-state index contributed by atoms with van der Waals surface area (Å²) in [7, 11) is 1.71. The van der Waals surface area contributed by atoms with Crippen LogP contribution in [0.25, 0.3) is 16.2 Å². The molecule has 0 atom stereocenters. The van der Waals surface area contributed by atoms with Gasteiger partial charge in [0.1, 0.15) is 0 Å². The maximum absolute atomic E-state index is 11.3. The van der Waals surface area contributed by atoms with Crippen molar-refractivity contribution in [2.75, 3.05) is 11.9 Å². The fourth-order valence-corrected chi connectivity index (χ4v) is 2.60. The Morgan fingerprint density at radius 1 is 1.32 bits per heavy atom. The van der Waals surface area contributed by atoms with Gasteiger partial charge in [-0.15, -0.1) is 5.10 Å². The third kappa shape index (κ3) is 2.10. The molecule has 0 saturated heterocycles. The molecule has 0 spiro atoms. The van der Waals surface area contributed by atoms with Crippen molar-refractivity contribution in [1.29, 1.82) is 0 Å². The van der Waals surface area contributed by atoms with Crippen molar-refractivity contribution in [3.05, 3.63) is 36.5 Å². The van der Waals surface area contributed by atoms with Crippen molar-refractivity contribution in [2.45, 2.75) is 6.92 Å². The molecule has 0 unspecified atom stereocenters. The van der Waals surface area contributed by atoms with E-state index in [1.54, 1.807) is 11.6 Å². The van der Waals surface area contributed by atoms with Crippen LogP contribution in [0.1, 0.15) is 6.92 Å². The smallest absolute Gasteiger partial charge is 0.225 e. The Kier molecular flexibility index (Phi) is 2.79. The van der Waals surface area contributed by atoms with Gasteiger partial charge >= 0.3 is 0 Å². The second-order valence-electron chi connectivity index (χ2n) is 4.18. The third-order valence-electron chi connectivity index (χ3n) is 2.86. The summed E-state index contributed by atoms with van der Waals surface area (Å²) in [5.41, 5.74) is 1.94. The number of amides is 1. The Balaban J connectivity index is 2.01. The second kappa shape index (κ2) is 4.47. The van der Waals surface area contributed by atoms with E-state index in [0.29, 0.717) is 5.13 Å². The first-order valence-electron chi connectivity index (χ1n) is 5.81. The van der Waals surface area contributed by atoms with E-state index >= 15 is 0 Å². The van der Waals surface area contributed by atoms with E-state index < -0.39 is 0 Å². The molecule has 0 radical (unpaired) electrons. The van der Waals surface area contributed by atoms with Crippen molar-refractivity contribution >= 4 is 27.3 Å². The number of rotatable bonds is 2. The lowest BCUT2D eigenvalue weighted by atomic mass is 10.2. The van der Waals surface area contributed by atoms with E-state index in [-0.39, 0.29) is 5.91 Å². The van der Waals surface area contributed by atoms with Crippen LogP contribution in [0.4, 0.5) is 5.13 Å². The van der Waals surface area contributed by atoms with Crippen LogP contribution in [0.3, 0.4) is 0 Å². The zero-order valence-corrected chi connectivity index (χ0v) is 11.4. The van der Waals surface area contributed by atoms with E-state index in [2.05, 4.69) is 10.1 Å². The van der Waals surface area contributed by atoms with Gasteiger partial charge in [0.05, 0.1) is 11.9 Å². The highest BCUT2D eigenvalue weighted by Crippen LogP contribution is 2.25. The molecule has 5 nitrogen and oxygen atoms in total. The van der Waals surface area contributed by atoms with Crippen LogP contribution >= 0.6 is 11.3 Å². The average molecular weight is 272 g/mol. The second-order valence-corrected chi connectivity index (χ2v) is 5.12. The minimum absolute atomic E-state index is 0.0414. The third-order valence-corrected chi connectivity index (χ3v) is 3.86. The topological polar surface area (TPSA) is 50.5 Å². The lowest BCUT2D eigenvalue weighted by Gasteiger charge is -2.08. The van der Waals surface area contributed by atoms with Crippen molar-refractivity contribution < 1.29 is 4.79 Å². The normalized spacial score (nSPS) is 10.8. The molecule has 0 fully saturated rings. The fourth-order valence-electron chi connectivity index (χ4n) is 1.71. The van der Waals surface area contributed by atoms with Crippen molar-refractivity contribution in [3.63, 3.8) is 0 Å². The summed E-state index contributed by atoms with van der Waals surface area (Å²) >= 11 is 1.40. The van der Waals surface area contributed by atoms with Gasteiger partial charge < -0.3 is 0 Å². The minimum atomic E-state index is -0.0414. The van der Waals surface area contributed by atoms with Crippen LogP contribution < -0.4 is 4.90 Å². The largest absolute Gasteiger partial charge is 0.290 e. The van der Waals surface area contributed by atoms with Gasteiger partial charge in [0.2, 0.25) is 16.0 Å². The van der Waals surface area contributed by atoms with Gasteiger partial charge in [-0.2, -0.15) is 0 Å².